The zero-order chi connectivity index (χ0) is 19.8. The largest absolute Gasteiger partial charge is 0.493 e. The van der Waals surface area contributed by atoms with Gasteiger partial charge in [-0.25, -0.2) is 4.39 Å². The molecule has 0 aliphatic carbocycles. The summed E-state index contributed by atoms with van der Waals surface area (Å²) in [5.41, 5.74) is 0.474. The molecule has 6 heteroatoms. The smallest absolute Gasteiger partial charge is 0.225 e. The van der Waals surface area contributed by atoms with Gasteiger partial charge >= 0.3 is 0 Å². The first-order valence-corrected chi connectivity index (χ1v) is 9.60. The van der Waals surface area contributed by atoms with Crippen LogP contribution >= 0.6 is 0 Å². The molecule has 1 heterocycles. The normalized spacial score (nSPS) is 14.5. The highest BCUT2D eigenvalue weighted by Crippen LogP contribution is 2.19. The number of piperidine rings is 1. The zero-order valence-electron chi connectivity index (χ0n) is 15.8. The van der Waals surface area contributed by atoms with Crippen LogP contribution in [-0.4, -0.2) is 36.4 Å². The van der Waals surface area contributed by atoms with Crippen LogP contribution in [0.25, 0.3) is 0 Å². The molecule has 0 atom stereocenters. The van der Waals surface area contributed by atoms with Gasteiger partial charge in [0.05, 0.1) is 13.0 Å². The van der Waals surface area contributed by atoms with Gasteiger partial charge in [-0.3, -0.25) is 9.59 Å². The monoisotopic (exact) mass is 384 g/mol. The summed E-state index contributed by atoms with van der Waals surface area (Å²) in [6.07, 6.45) is 1.56. The summed E-state index contributed by atoms with van der Waals surface area (Å²) in [5.74, 6) is 0.252. The predicted octanol–water partition coefficient (Wildman–Crippen LogP) is 3.15. The van der Waals surface area contributed by atoms with E-state index in [9.17, 15) is 14.0 Å². The molecule has 2 amide bonds. The molecular weight excluding hydrogens is 359 g/mol. The molecule has 28 heavy (non-hydrogen) atoms. The lowest BCUT2D eigenvalue weighted by Gasteiger charge is -2.31. The number of nitrogens with one attached hydrogen (secondary N) is 1. The van der Waals surface area contributed by atoms with Crippen molar-refractivity contribution in [3.05, 3.63) is 66.0 Å². The van der Waals surface area contributed by atoms with Gasteiger partial charge in [0.25, 0.3) is 0 Å². The van der Waals surface area contributed by atoms with Gasteiger partial charge in [-0.05, 0) is 31.0 Å². The Kier molecular flexibility index (Phi) is 7.00. The summed E-state index contributed by atoms with van der Waals surface area (Å²) >= 11 is 0. The van der Waals surface area contributed by atoms with Crippen molar-refractivity contribution in [3.63, 3.8) is 0 Å². The molecule has 1 fully saturated rings. The minimum absolute atomic E-state index is 0.0427. The van der Waals surface area contributed by atoms with E-state index in [1.165, 1.54) is 6.07 Å². The highest BCUT2D eigenvalue weighted by molar-refractivity contribution is 5.80. The molecule has 0 bridgehead atoms. The maximum Gasteiger partial charge on any atom is 0.225 e. The molecule has 0 aromatic heterocycles. The van der Waals surface area contributed by atoms with E-state index in [1.807, 2.05) is 30.3 Å². The molecule has 1 aliphatic heterocycles. The molecule has 0 saturated carbocycles. The third kappa shape index (κ3) is 5.55. The van der Waals surface area contributed by atoms with Crippen LogP contribution < -0.4 is 10.1 Å². The van der Waals surface area contributed by atoms with Gasteiger partial charge < -0.3 is 15.0 Å². The first-order valence-electron chi connectivity index (χ1n) is 9.60. The lowest BCUT2D eigenvalue weighted by Crippen LogP contribution is -2.43. The number of amides is 2. The van der Waals surface area contributed by atoms with E-state index in [4.69, 9.17) is 4.74 Å². The summed E-state index contributed by atoms with van der Waals surface area (Å²) in [6.45, 7) is 1.64. The fourth-order valence-electron chi connectivity index (χ4n) is 3.29. The van der Waals surface area contributed by atoms with Crippen LogP contribution in [0.5, 0.6) is 5.75 Å². The molecule has 2 aromatic rings. The van der Waals surface area contributed by atoms with Gasteiger partial charge in [-0.15, -0.1) is 0 Å². The third-order valence-corrected chi connectivity index (χ3v) is 4.96. The Balaban J connectivity index is 1.37. The second-order valence-corrected chi connectivity index (χ2v) is 6.88. The first-order chi connectivity index (χ1) is 13.6. The number of hydrogen-bond acceptors (Lipinski definition) is 3. The lowest BCUT2D eigenvalue weighted by molar-refractivity contribution is -0.136. The molecule has 2 aromatic carbocycles. The molecular formula is C22H25FN2O3. The minimum atomic E-state index is -0.319. The Morgan fingerprint density at radius 1 is 1.04 bits per heavy atom. The van der Waals surface area contributed by atoms with Gasteiger partial charge in [0.15, 0.2) is 0 Å². The fourth-order valence-corrected chi connectivity index (χ4v) is 3.29. The first kappa shape index (κ1) is 19.9. The van der Waals surface area contributed by atoms with E-state index in [1.54, 1.807) is 23.1 Å². The summed E-state index contributed by atoms with van der Waals surface area (Å²) in [5, 5.41) is 2.80. The fraction of sp³-hybridized carbons (Fsp3) is 0.364. The standard InChI is InChI=1S/C22H25FN2O3/c23-20-9-5-4-6-18(20)16-24-22(27)17-10-13-25(14-11-17)21(26)12-15-28-19-7-2-1-3-8-19/h1-9,17H,10-16H2,(H,24,27). The number of carbonyl (C=O) groups excluding carboxylic acids is 2. The maximum atomic E-state index is 13.6. The summed E-state index contributed by atoms with van der Waals surface area (Å²) in [7, 11) is 0. The van der Waals surface area contributed by atoms with Gasteiger partial charge in [0.1, 0.15) is 11.6 Å². The van der Waals surface area contributed by atoms with Gasteiger partial charge in [-0.1, -0.05) is 36.4 Å². The number of para-hydroxylation sites is 1. The van der Waals surface area contributed by atoms with Crippen LogP contribution in [0.2, 0.25) is 0 Å². The van der Waals surface area contributed by atoms with Crippen LogP contribution in [0.4, 0.5) is 4.39 Å². The van der Waals surface area contributed by atoms with Crippen molar-refractivity contribution in [1.29, 1.82) is 0 Å². The Bertz CT molecular complexity index is 789. The Morgan fingerprint density at radius 3 is 2.43 bits per heavy atom. The Morgan fingerprint density at radius 2 is 1.71 bits per heavy atom. The van der Waals surface area contributed by atoms with Crippen molar-refractivity contribution < 1.29 is 18.7 Å². The third-order valence-electron chi connectivity index (χ3n) is 4.96. The van der Waals surface area contributed by atoms with Crippen LogP contribution in [0.3, 0.4) is 0 Å². The van der Waals surface area contributed by atoms with E-state index in [0.717, 1.165) is 5.75 Å². The SMILES string of the molecule is O=C(NCc1ccccc1F)C1CCN(C(=O)CCOc2ccccc2)CC1. The van der Waals surface area contributed by atoms with Crippen molar-refractivity contribution in [1.82, 2.24) is 10.2 Å². The Labute approximate surface area is 164 Å². The van der Waals surface area contributed by atoms with Crippen LogP contribution in [0.15, 0.2) is 54.6 Å². The highest BCUT2D eigenvalue weighted by atomic mass is 19.1. The van der Waals surface area contributed by atoms with Crippen LogP contribution in [-0.2, 0) is 16.1 Å². The molecule has 0 unspecified atom stereocenters. The number of halogens is 1. The minimum Gasteiger partial charge on any atom is -0.493 e. The second kappa shape index (κ2) is 9.88. The molecule has 3 rings (SSSR count). The molecule has 0 spiro atoms. The number of rotatable bonds is 7. The van der Waals surface area contributed by atoms with Crippen LogP contribution in [0, 0.1) is 11.7 Å². The quantitative estimate of drug-likeness (QED) is 0.798. The number of ether oxygens (including phenoxy) is 1. The van der Waals surface area contributed by atoms with E-state index < -0.39 is 0 Å². The van der Waals surface area contributed by atoms with Crippen molar-refractivity contribution in [2.75, 3.05) is 19.7 Å². The van der Waals surface area contributed by atoms with Gasteiger partial charge in [0.2, 0.25) is 11.8 Å². The number of benzene rings is 2. The average Bonchev–Trinajstić information content (AvgIpc) is 2.74. The highest BCUT2D eigenvalue weighted by Gasteiger charge is 2.27. The summed E-state index contributed by atoms with van der Waals surface area (Å²) in [6, 6.07) is 15.8. The number of hydrogen-bond donors (Lipinski definition) is 1. The predicted molar refractivity (Wildman–Crippen MR) is 104 cm³/mol. The number of carbonyl (C=O) groups is 2. The molecule has 1 aliphatic rings. The molecule has 148 valence electrons. The van der Waals surface area contributed by atoms with Crippen molar-refractivity contribution in [2.45, 2.75) is 25.8 Å². The van der Waals surface area contributed by atoms with E-state index in [-0.39, 0.29) is 30.1 Å². The molecule has 0 radical (unpaired) electrons. The number of nitrogens with zero attached hydrogens (tertiary/aromatic N) is 1. The van der Waals surface area contributed by atoms with E-state index in [2.05, 4.69) is 5.32 Å². The molecule has 1 saturated heterocycles. The van der Waals surface area contributed by atoms with Gasteiger partial charge in [-0.2, -0.15) is 0 Å². The Hall–Kier alpha value is -2.89. The zero-order valence-corrected chi connectivity index (χ0v) is 15.8. The van der Waals surface area contributed by atoms with Crippen molar-refractivity contribution in [3.8, 4) is 5.75 Å². The summed E-state index contributed by atoms with van der Waals surface area (Å²) in [4.78, 5) is 26.4. The average molecular weight is 384 g/mol. The lowest BCUT2D eigenvalue weighted by atomic mass is 9.95. The van der Waals surface area contributed by atoms with Crippen molar-refractivity contribution in [2.24, 2.45) is 5.92 Å². The number of likely N-dealkylation sites (tertiary alicyclic amines) is 1. The van der Waals surface area contributed by atoms with E-state index in [0.29, 0.717) is 44.5 Å². The summed E-state index contributed by atoms with van der Waals surface area (Å²) < 4.78 is 19.2. The molecule has 1 N–H and O–H groups in total. The topological polar surface area (TPSA) is 58.6 Å². The molecule has 5 nitrogen and oxygen atoms in total. The maximum absolute atomic E-state index is 13.6. The van der Waals surface area contributed by atoms with Crippen molar-refractivity contribution >= 4 is 11.8 Å². The van der Waals surface area contributed by atoms with E-state index >= 15 is 0 Å². The van der Waals surface area contributed by atoms with Gasteiger partial charge in [0, 0.05) is 31.1 Å². The van der Waals surface area contributed by atoms with Crippen LogP contribution in [0.1, 0.15) is 24.8 Å². The second-order valence-electron chi connectivity index (χ2n) is 6.88.